The number of primary amides is 1. The Morgan fingerprint density at radius 1 is 1.56 bits per heavy atom. The number of thiophene rings is 1. The van der Waals surface area contributed by atoms with E-state index in [9.17, 15) is 13.2 Å². The highest BCUT2D eigenvalue weighted by Gasteiger charge is 2.24. The van der Waals surface area contributed by atoms with E-state index in [2.05, 4.69) is 5.32 Å². The fraction of sp³-hybridized carbons (Fsp3) is 0.545. The Morgan fingerprint density at radius 2 is 2.33 bits per heavy atom. The third-order valence-electron chi connectivity index (χ3n) is 2.97. The maximum Gasteiger partial charge on any atom is 0.249 e. The van der Waals surface area contributed by atoms with Crippen LogP contribution in [0.4, 0.5) is 0 Å². The van der Waals surface area contributed by atoms with E-state index in [1.807, 2.05) is 0 Å². The lowest BCUT2D eigenvalue weighted by molar-refractivity contribution is 0.100. The molecule has 0 bridgehead atoms. The van der Waals surface area contributed by atoms with Gasteiger partial charge in [-0.25, -0.2) is 8.42 Å². The highest BCUT2D eigenvalue weighted by Crippen LogP contribution is 2.16. The molecule has 5 nitrogen and oxygen atoms in total. The summed E-state index contributed by atoms with van der Waals surface area (Å²) in [6, 6.07) is 1.76. The van der Waals surface area contributed by atoms with E-state index in [1.165, 1.54) is 11.3 Å². The highest BCUT2D eigenvalue weighted by molar-refractivity contribution is 7.91. The first-order valence-corrected chi connectivity index (χ1v) is 8.47. The van der Waals surface area contributed by atoms with Crippen LogP contribution in [0.3, 0.4) is 0 Å². The zero-order valence-electron chi connectivity index (χ0n) is 9.89. The van der Waals surface area contributed by atoms with Gasteiger partial charge in [0, 0.05) is 22.8 Å². The zero-order valence-corrected chi connectivity index (χ0v) is 11.5. The number of sulfone groups is 1. The molecule has 0 saturated carbocycles. The van der Waals surface area contributed by atoms with Gasteiger partial charge in [0.05, 0.1) is 17.1 Å². The molecule has 1 aromatic heterocycles. The van der Waals surface area contributed by atoms with Crippen LogP contribution < -0.4 is 11.1 Å². The molecule has 2 heterocycles. The molecular formula is C11H16N2O3S2. The highest BCUT2D eigenvalue weighted by atomic mass is 32.2. The minimum Gasteiger partial charge on any atom is -0.366 e. The zero-order chi connectivity index (χ0) is 13.2. The van der Waals surface area contributed by atoms with Gasteiger partial charge in [0.2, 0.25) is 5.91 Å². The Hall–Kier alpha value is -0.920. The first kappa shape index (κ1) is 13.5. The Morgan fingerprint density at radius 3 is 2.94 bits per heavy atom. The second-order valence-electron chi connectivity index (χ2n) is 4.50. The normalized spacial score (nSPS) is 22.8. The van der Waals surface area contributed by atoms with Crippen LogP contribution in [-0.4, -0.2) is 31.9 Å². The molecule has 2 rings (SSSR count). The van der Waals surface area contributed by atoms with Crippen molar-refractivity contribution in [2.45, 2.75) is 25.4 Å². The van der Waals surface area contributed by atoms with Gasteiger partial charge in [0.1, 0.15) is 0 Å². The molecule has 0 aliphatic carbocycles. The van der Waals surface area contributed by atoms with Crippen LogP contribution in [0, 0.1) is 0 Å². The van der Waals surface area contributed by atoms with Crippen LogP contribution in [-0.2, 0) is 16.4 Å². The summed E-state index contributed by atoms with van der Waals surface area (Å²) in [4.78, 5) is 11.9. The van der Waals surface area contributed by atoms with Crippen LogP contribution in [0.1, 0.15) is 28.1 Å². The number of carbonyl (C=O) groups excluding carboxylic acids is 1. The van der Waals surface area contributed by atoms with Crippen molar-refractivity contribution < 1.29 is 13.2 Å². The Balaban J connectivity index is 1.89. The van der Waals surface area contributed by atoms with Gasteiger partial charge in [-0.3, -0.25) is 4.79 Å². The van der Waals surface area contributed by atoms with Gasteiger partial charge in [-0.15, -0.1) is 11.3 Å². The van der Waals surface area contributed by atoms with Crippen molar-refractivity contribution in [2.75, 3.05) is 11.5 Å². The summed E-state index contributed by atoms with van der Waals surface area (Å²) in [6.45, 7) is 0.581. The average molecular weight is 288 g/mol. The predicted molar refractivity (Wildman–Crippen MR) is 71.4 cm³/mol. The standard InChI is InChI=1S/C11H16N2O3S2/c12-11(14)8-4-10(17-6-8)5-13-9-2-1-3-18(15,16)7-9/h4,6,9,13H,1-3,5,7H2,(H2,12,14). The van der Waals surface area contributed by atoms with Crippen molar-refractivity contribution in [1.82, 2.24) is 5.32 Å². The fourth-order valence-electron chi connectivity index (χ4n) is 2.03. The molecule has 1 aromatic rings. The second kappa shape index (κ2) is 5.38. The Bertz CT molecular complexity index is 536. The molecule has 1 fully saturated rings. The van der Waals surface area contributed by atoms with E-state index in [0.717, 1.165) is 17.7 Å². The van der Waals surface area contributed by atoms with Gasteiger partial charge >= 0.3 is 0 Å². The molecule has 7 heteroatoms. The molecule has 1 unspecified atom stereocenters. The molecule has 18 heavy (non-hydrogen) atoms. The van der Waals surface area contributed by atoms with E-state index < -0.39 is 15.7 Å². The quantitative estimate of drug-likeness (QED) is 0.845. The molecule has 1 aliphatic heterocycles. The topological polar surface area (TPSA) is 89.3 Å². The largest absolute Gasteiger partial charge is 0.366 e. The van der Waals surface area contributed by atoms with Gasteiger partial charge in [-0.05, 0) is 18.9 Å². The number of amides is 1. The monoisotopic (exact) mass is 288 g/mol. The fourth-order valence-corrected chi connectivity index (χ4v) is 4.53. The first-order valence-electron chi connectivity index (χ1n) is 5.77. The van der Waals surface area contributed by atoms with Crippen LogP contribution in [0.15, 0.2) is 11.4 Å². The molecule has 1 saturated heterocycles. The smallest absolute Gasteiger partial charge is 0.249 e. The molecule has 1 amide bonds. The van der Waals surface area contributed by atoms with E-state index in [0.29, 0.717) is 17.9 Å². The summed E-state index contributed by atoms with van der Waals surface area (Å²) in [7, 11) is -2.88. The average Bonchev–Trinajstić information content (AvgIpc) is 2.74. The van der Waals surface area contributed by atoms with Crippen molar-refractivity contribution in [1.29, 1.82) is 0 Å². The summed E-state index contributed by atoms with van der Waals surface area (Å²) in [5, 5.41) is 4.94. The van der Waals surface area contributed by atoms with Crippen molar-refractivity contribution in [3.05, 3.63) is 21.9 Å². The molecule has 0 aromatic carbocycles. The minimum atomic E-state index is -2.88. The molecule has 0 spiro atoms. The van der Waals surface area contributed by atoms with Gasteiger partial charge < -0.3 is 11.1 Å². The van der Waals surface area contributed by atoms with Crippen LogP contribution >= 0.6 is 11.3 Å². The molecule has 1 atom stereocenters. The molecular weight excluding hydrogens is 272 g/mol. The lowest BCUT2D eigenvalue weighted by Gasteiger charge is -2.22. The number of hydrogen-bond donors (Lipinski definition) is 2. The summed E-state index contributed by atoms with van der Waals surface area (Å²) in [5.74, 6) is 0.0783. The number of nitrogens with one attached hydrogen (secondary N) is 1. The number of carbonyl (C=O) groups is 1. The Labute approximate surface area is 110 Å². The minimum absolute atomic E-state index is 0.0166. The molecule has 3 N–H and O–H groups in total. The number of hydrogen-bond acceptors (Lipinski definition) is 5. The SMILES string of the molecule is NC(=O)c1csc(CNC2CCCS(=O)(=O)C2)c1. The second-order valence-corrected chi connectivity index (χ2v) is 7.72. The van der Waals surface area contributed by atoms with E-state index >= 15 is 0 Å². The van der Waals surface area contributed by atoms with Crippen LogP contribution in [0.25, 0.3) is 0 Å². The maximum absolute atomic E-state index is 11.5. The van der Waals surface area contributed by atoms with E-state index in [-0.39, 0.29) is 11.8 Å². The van der Waals surface area contributed by atoms with Gasteiger partial charge in [-0.1, -0.05) is 0 Å². The van der Waals surface area contributed by atoms with Gasteiger partial charge in [0.15, 0.2) is 9.84 Å². The summed E-state index contributed by atoms with van der Waals surface area (Å²) in [6.07, 6.45) is 1.60. The lowest BCUT2D eigenvalue weighted by atomic mass is 10.2. The van der Waals surface area contributed by atoms with Crippen LogP contribution in [0.2, 0.25) is 0 Å². The van der Waals surface area contributed by atoms with Gasteiger partial charge in [-0.2, -0.15) is 0 Å². The summed E-state index contributed by atoms with van der Waals surface area (Å²) >= 11 is 1.45. The summed E-state index contributed by atoms with van der Waals surface area (Å²) < 4.78 is 22.9. The van der Waals surface area contributed by atoms with E-state index in [1.54, 1.807) is 11.4 Å². The maximum atomic E-state index is 11.5. The van der Waals surface area contributed by atoms with E-state index in [4.69, 9.17) is 5.73 Å². The Kier molecular flexibility index (Phi) is 4.04. The predicted octanol–water partition coefficient (Wildman–Crippen LogP) is 0.514. The summed E-state index contributed by atoms with van der Waals surface area (Å²) in [5.41, 5.74) is 5.68. The third kappa shape index (κ3) is 3.54. The van der Waals surface area contributed by atoms with Gasteiger partial charge in [0.25, 0.3) is 0 Å². The number of nitrogens with two attached hydrogens (primary N) is 1. The third-order valence-corrected chi connectivity index (χ3v) is 5.72. The van der Waals surface area contributed by atoms with Crippen molar-refractivity contribution >= 4 is 27.1 Å². The van der Waals surface area contributed by atoms with Crippen molar-refractivity contribution in [3.63, 3.8) is 0 Å². The first-order chi connectivity index (χ1) is 8.46. The molecule has 0 radical (unpaired) electrons. The molecule has 100 valence electrons. The lowest BCUT2D eigenvalue weighted by Crippen LogP contribution is -2.39. The molecule has 1 aliphatic rings. The van der Waals surface area contributed by atoms with Crippen LogP contribution in [0.5, 0.6) is 0 Å². The van der Waals surface area contributed by atoms with Crippen molar-refractivity contribution in [3.8, 4) is 0 Å². The number of rotatable bonds is 4. The van der Waals surface area contributed by atoms with Crippen molar-refractivity contribution in [2.24, 2.45) is 5.73 Å².